The number of benzene rings is 2. The molecule has 0 saturated carbocycles. The SMILES string of the molecule is CCCCCN1C(=O)C(O)=C(C(=O)c2cc3cc(Br)ccc3o2)C1c1ccc(Cl)cc1. The number of hydrogen-bond donors (Lipinski definition) is 1. The third kappa shape index (κ3) is 4.14. The maximum absolute atomic E-state index is 13.5. The van der Waals surface area contributed by atoms with E-state index in [1.165, 1.54) is 0 Å². The molecule has 0 saturated heterocycles. The van der Waals surface area contributed by atoms with Gasteiger partial charge in [0.2, 0.25) is 5.78 Å². The molecule has 0 spiro atoms. The van der Waals surface area contributed by atoms with Crippen molar-refractivity contribution in [3.63, 3.8) is 0 Å². The number of ketones is 1. The van der Waals surface area contributed by atoms with E-state index in [-0.39, 0.29) is 11.3 Å². The van der Waals surface area contributed by atoms with Crippen LogP contribution in [-0.2, 0) is 4.79 Å². The number of carbonyl (C=O) groups is 2. The van der Waals surface area contributed by atoms with E-state index in [1.54, 1.807) is 41.3 Å². The molecule has 1 amide bonds. The Morgan fingerprint density at radius 1 is 1.16 bits per heavy atom. The zero-order chi connectivity index (χ0) is 22.1. The van der Waals surface area contributed by atoms with Crippen molar-refractivity contribution in [2.75, 3.05) is 6.54 Å². The summed E-state index contributed by atoms with van der Waals surface area (Å²) in [5, 5.41) is 12.0. The molecule has 1 N–H and O–H groups in total. The summed E-state index contributed by atoms with van der Waals surface area (Å²) in [5.41, 5.74) is 1.29. The molecule has 0 fully saturated rings. The molecule has 160 valence electrons. The minimum atomic E-state index is -0.700. The first-order chi connectivity index (χ1) is 14.9. The maximum Gasteiger partial charge on any atom is 0.290 e. The number of unbranched alkanes of at least 4 members (excludes halogenated alkanes) is 2. The van der Waals surface area contributed by atoms with Crippen LogP contribution >= 0.6 is 27.5 Å². The fourth-order valence-electron chi connectivity index (χ4n) is 3.90. The molecule has 2 heterocycles. The van der Waals surface area contributed by atoms with E-state index < -0.39 is 23.5 Å². The van der Waals surface area contributed by atoms with Gasteiger partial charge in [-0.15, -0.1) is 0 Å². The van der Waals surface area contributed by atoms with Crippen LogP contribution in [0.1, 0.15) is 48.3 Å². The number of furan rings is 1. The van der Waals surface area contributed by atoms with E-state index in [2.05, 4.69) is 22.9 Å². The molecule has 1 aromatic heterocycles. The van der Waals surface area contributed by atoms with Crippen LogP contribution in [0.25, 0.3) is 11.0 Å². The van der Waals surface area contributed by atoms with E-state index in [4.69, 9.17) is 16.0 Å². The van der Waals surface area contributed by atoms with Crippen LogP contribution in [0, 0.1) is 0 Å². The van der Waals surface area contributed by atoms with Crippen molar-refractivity contribution in [1.82, 2.24) is 4.90 Å². The Labute approximate surface area is 193 Å². The highest BCUT2D eigenvalue weighted by atomic mass is 79.9. The number of fused-ring (bicyclic) bond motifs is 1. The lowest BCUT2D eigenvalue weighted by Gasteiger charge is -2.26. The monoisotopic (exact) mass is 501 g/mol. The Kier molecular flexibility index (Phi) is 6.21. The molecule has 1 aliphatic heterocycles. The average molecular weight is 503 g/mol. The van der Waals surface area contributed by atoms with Gasteiger partial charge in [-0.05, 0) is 48.4 Å². The summed E-state index contributed by atoms with van der Waals surface area (Å²) in [6.45, 7) is 2.51. The first kappa shape index (κ1) is 21.7. The molecule has 1 aliphatic rings. The molecule has 3 aromatic rings. The highest BCUT2D eigenvalue weighted by Crippen LogP contribution is 2.40. The second kappa shape index (κ2) is 8.89. The molecule has 31 heavy (non-hydrogen) atoms. The van der Waals surface area contributed by atoms with Crippen molar-refractivity contribution in [2.24, 2.45) is 0 Å². The minimum absolute atomic E-state index is 0.0296. The lowest BCUT2D eigenvalue weighted by molar-refractivity contribution is -0.129. The minimum Gasteiger partial charge on any atom is -0.503 e. The molecule has 2 aromatic carbocycles. The highest BCUT2D eigenvalue weighted by Gasteiger charge is 2.44. The van der Waals surface area contributed by atoms with Gasteiger partial charge in [0.25, 0.3) is 5.91 Å². The number of carbonyl (C=O) groups excluding carboxylic acids is 2. The Morgan fingerprint density at radius 3 is 2.61 bits per heavy atom. The Morgan fingerprint density at radius 2 is 1.90 bits per heavy atom. The van der Waals surface area contributed by atoms with Gasteiger partial charge in [-0.25, -0.2) is 0 Å². The zero-order valence-corrected chi connectivity index (χ0v) is 19.2. The van der Waals surface area contributed by atoms with Gasteiger partial charge in [-0.2, -0.15) is 0 Å². The molecule has 0 aliphatic carbocycles. The standard InChI is InChI=1S/C24H21BrClNO4/c1-2-3-4-11-27-21(14-5-8-17(26)9-6-14)20(23(29)24(27)30)22(28)19-13-15-12-16(25)7-10-18(15)31-19/h5-10,12-13,21,29H,2-4,11H2,1H3. The Bertz CT molecular complexity index is 1180. The third-order valence-corrected chi connectivity index (χ3v) is 6.18. The molecule has 1 unspecified atom stereocenters. The molecule has 5 nitrogen and oxygen atoms in total. The first-order valence-corrected chi connectivity index (χ1v) is 11.3. The Hall–Kier alpha value is -2.57. The third-order valence-electron chi connectivity index (χ3n) is 5.44. The van der Waals surface area contributed by atoms with Crippen LogP contribution in [-0.4, -0.2) is 28.2 Å². The highest BCUT2D eigenvalue weighted by molar-refractivity contribution is 9.10. The van der Waals surface area contributed by atoms with Crippen LogP contribution in [0.15, 0.2) is 68.8 Å². The number of amides is 1. The van der Waals surface area contributed by atoms with Gasteiger partial charge in [0.15, 0.2) is 11.5 Å². The molecular weight excluding hydrogens is 482 g/mol. The van der Waals surface area contributed by atoms with Crippen molar-refractivity contribution in [2.45, 2.75) is 32.2 Å². The van der Waals surface area contributed by atoms with Crippen LogP contribution in [0.5, 0.6) is 0 Å². The lowest BCUT2D eigenvalue weighted by atomic mass is 9.95. The van der Waals surface area contributed by atoms with Crippen LogP contribution in [0.2, 0.25) is 5.02 Å². The number of rotatable bonds is 7. The largest absolute Gasteiger partial charge is 0.503 e. The fraction of sp³-hybridized carbons (Fsp3) is 0.250. The summed E-state index contributed by atoms with van der Waals surface area (Å²) < 4.78 is 6.61. The molecule has 7 heteroatoms. The predicted molar refractivity (Wildman–Crippen MR) is 123 cm³/mol. The topological polar surface area (TPSA) is 70.8 Å². The van der Waals surface area contributed by atoms with Gasteiger partial charge in [-0.1, -0.05) is 59.4 Å². The van der Waals surface area contributed by atoms with Crippen molar-refractivity contribution in [1.29, 1.82) is 0 Å². The van der Waals surface area contributed by atoms with Crippen molar-refractivity contribution in [3.05, 3.63) is 80.7 Å². The number of nitrogens with zero attached hydrogens (tertiary/aromatic N) is 1. The molecule has 4 rings (SSSR count). The van der Waals surface area contributed by atoms with Gasteiger partial charge in [0, 0.05) is 21.4 Å². The number of hydrogen-bond acceptors (Lipinski definition) is 4. The van der Waals surface area contributed by atoms with Gasteiger partial charge in [0.05, 0.1) is 11.6 Å². The summed E-state index contributed by atoms with van der Waals surface area (Å²) in [5.74, 6) is -1.49. The smallest absolute Gasteiger partial charge is 0.290 e. The van der Waals surface area contributed by atoms with Crippen LogP contribution < -0.4 is 0 Å². The lowest BCUT2D eigenvalue weighted by Crippen LogP contribution is -2.32. The molecular formula is C24H21BrClNO4. The first-order valence-electron chi connectivity index (χ1n) is 10.1. The van der Waals surface area contributed by atoms with E-state index in [0.717, 1.165) is 29.1 Å². The van der Waals surface area contributed by atoms with Crippen molar-refractivity contribution < 1.29 is 19.1 Å². The number of Topliss-reactive ketones (excluding diaryl/α,β-unsaturated/α-hetero) is 1. The van der Waals surface area contributed by atoms with Crippen molar-refractivity contribution >= 4 is 50.2 Å². The Balaban J connectivity index is 1.76. The van der Waals surface area contributed by atoms with E-state index >= 15 is 0 Å². The molecule has 0 bridgehead atoms. The number of aliphatic hydroxyl groups excluding tert-OH is 1. The van der Waals surface area contributed by atoms with E-state index in [0.29, 0.717) is 22.7 Å². The summed E-state index contributed by atoms with van der Waals surface area (Å²) in [6, 6.07) is 13.3. The quantitative estimate of drug-likeness (QED) is 0.291. The van der Waals surface area contributed by atoms with Gasteiger partial charge in [0.1, 0.15) is 5.58 Å². The normalized spacial score (nSPS) is 16.5. The van der Waals surface area contributed by atoms with Crippen molar-refractivity contribution in [3.8, 4) is 0 Å². The summed E-state index contributed by atoms with van der Waals surface area (Å²) in [7, 11) is 0. The van der Waals surface area contributed by atoms with Gasteiger partial charge >= 0.3 is 0 Å². The summed E-state index contributed by atoms with van der Waals surface area (Å²) in [6.07, 6.45) is 2.72. The zero-order valence-electron chi connectivity index (χ0n) is 16.9. The van der Waals surface area contributed by atoms with Gasteiger partial charge < -0.3 is 14.4 Å². The van der Waals surface area contributed by atoms with E-state index in [1.807, 2.05) is 12.1 Å². The van der Waals surface area contributed by atoms with Crippen LogP contribution in [0.4, 0.5) is 0 Å². The van der Waals surface area contributed by atoms with Crippen LogP contribution in [0.3, 0.4) is 0 Å². The predicted octanol–water partition coefficient (Wildman–Crippen LogP) is 6.62. The summed E-state index contributed by atoms with van der Waals surface area (Å²) >= 11 is 9.45. The maximum atomic E-state index is 13.5. The molecule has 1 atom stereocenters. The fourth-order valence-corrected chi connectivity index (χ4v) is 4.40. The summed E-state index contributed by atoms with van der Waals surface area (Å²) in [4.78, 5) is 27.9. The van der Waals surface area contributed by atoms with E-state index in [9.17, 15) is 14.7 Å². The number of aliphatic hydroxyl groups is 1. The average Bonchev–Trinajstić information content (AvgIpc) is 3.28. The molecule has 0 radical (unpaired) electrons. The van der Waals surface area contributed by atoms with Gasteiger partial charge in [-0.3, -0.25) is 9.59 Å². The number of halogens is 2. The second-order valence-electron chi connectivity index (χ2n) is 7.54. The second-order valence-corrected chi connectivity index (χ2v) is 8.90.